The Kier molecular flexibility index (Phi) is 3.50. The molecule has 0 aromatic heterocycles. The van der Waals surface area contributed by atoms with E-state index in [1.165, 1.54) is 12.1 Å². The molecule has 1 aliphatic rings. The summed E-state index contributed by atoms with van der Waals surface area (Å²) in [4.78, 5) is 33.9. The molecule has 0 radical (unpaired) electrons. The van der Waals surface area contributed by atoms with Crippen LogP contribution < -0.4 is 10.6 Å². The minimum absolute atomic E-state index is 0.108. The first-order chi connectivity index (χ1) is 8.97. The second-order valence-electron chi connectivity index (χ2n) is 4.48. The van der Waals surface area contributed by atoms with Gasteiger partial charge in [-0.3, -0.25) is 9.59 Å². The molecule has 1 fully saturated rings. The van der Waals surface area contributed by atoms with Crippen LogP contribution in [0.25, 0.3) is 0 Å². The molecule has 1 aromatic rings. The maximum atomic E-state index is 11.9. The molecule has 6 heteroatoms. The normalized spacial score (nSPS) is 17.9. The molecule has 1 heterocycles. The molecule has 2 rings (SSSR count). The van der Waals surface area contributed by atoms with Gasteiger partial charge in [0.25, 0.3) is 0 Å². The number of carbonyl (C=O) groups is 3. The molecule has 1 atom stereocenters. The van der Waals surface area contributed by atoms with E-state index in [0.717, 1.165) is 5.56 Å². The molecular formula is C13H14N2O4. The lowest BCUT2D eigenvalue weighted by Gasteiger charge is -2.13. The highest BCUT2D eigenvalue weighted by Crippen LogP contribution is 2.18. The topological polar surface area (TPSA) is 95.5 Å². The Labute approximate surface area is 109 Å². The van der Waals surface area contributed by atoms with Crippen LogP contribution in [0.4, 0.5) is 5.69 Å². The van der Waals surface area contributed by atoms with Gasteiger partial charge in [0.1, 0.15) is 6.04 Å². The van der Waals surface area contributed by atoms with E-state index in [4.69, 9.17) is 5.11 Å². The molecule has 19 heavy (non-hydrogen) atoms. The predicted molar refractivity (Wildman–Crippen MR) is 67.9 cm³/mol. The van der Waals surface area contributed by atoms with Gasteiger partial charge in [0.2, 0.25) is 11.8 Å². The largest absolute Gasteiger partial charge is 0.478 e. The van der Waals surface area contributed by atoms with Gasteiger partial charge in [0.15, 0.2) is 0 Å². The molecule has 1 aromatic carbocycles. The van der Waals surface area contributed by atoms with Crippen LogP contribution in [-0.4, -0.2) is 28.9 Å². The van der Waals surface area contributed by atoms with E-state index in [2.05, 4.69) is 10.6 Å². The third kappa shape index (κ3) is 2.90. The van der Waals surface area contributed by atoms with Crippen molar-refractivity contribution >= 4 is 23.5 Å². The fourth-order valence-corrected chi connectivity index (χ4v) is 1.92. The van der Waals surface area contributed by atoms with E-state index in [1.807, 2.05) is 0 Å². The van der Waals surface area contributed by atoms with Gasteiger partial charge in [-0.25, -0.2) is 4.79 Å². The highest BCUT2D eigenvalue weighted by atomic mass is 16.4. The Morgan fingerprint density at radius 2 is 2.16 bits per heavy atom. The number of benzene rings is 1. The van der Waals surface area contributed by atoms with Gasteiger partial charge in [-0.1, -0.05) is 6.07 Å². The van der Waals surface area contributed by atoms with Gasteiger partial charge in [0, 0.05) is 12.1 Å². The number of rotatable bonds is 3. The molecule has 0 aliphatic carbocycles. The fourth-order valence-electron chi connectivity index (χ4n) is 1.92. The van der Waals surface area contributed by atoms with E-state index in [-0.39, 0.29) is 17.4 Å². The highest BCUT2D eigenvalue weighted by molar-refractivity contribution is 6.00. The van der Waals surface area contributed by atoms with E-state index in [9.17, 15) is 14.4 Å². The zero-order valence-corrected chi connectivity index (χ0v) is 10.4. The van der Waals surface area contributed by atoms with Crippen molar-refractivity contribution in [3.05, 3.63) is 29.3 Å². The third-order valence-electron chi connectivity index (χ3n) is 3.05. The Morgan fingerprint density at radius 1 is 1.42 bits per heavy atom. The van der Waals surface area contributed by atoms with Gasteiger partial charge in [-0.05, 0) is 31.0 Å². The molecule has 100 valence electrons. The third-order valence-corrected chi connectivity index (χ3v) is 3.05. The number of carboxylic acids is 1. The molecule has 1 unspecified atom stereocenters. The summed E-state index contributed by atoms with van der Waals surface area (Å²) in [5, 5.41) is 14.1. The lowest BCUT2D eigenvalue weighted by molar-refractivity contribution is -0.122. The number of nitrogens with one attached hydrogen (secondary N) is 2. The molecule has 2 amide bonds. The minimum atomic E-state index is -1.05. The lowest BCUT2D eigenvalue weighted by atomic mass is 10.1. The zero-order valence-electron chi connectivity index (χ0n) is 10.4. The monoisotopic (exact) mass is 262 g/mol. The van der Waals surface area contributed by atoms with Crippen molar-refractivity contribution in [3.8, 4) is 0 Å². The smallest absolute Gasteiger partial charge is 0.335 e. The molecule has 6 nitrogen and oxygen atoms in total. The zero-order chi connectivity index (χ0) is 14.0. The number of aryl methyl sites for hydroxylation is 1. The summed E-state index contributed by atoms with van der Waals surface area (Å²) in [7, 11) is 0. The van der Waals surface area contributed by atoms with Crippen molar-refractivity contribution in [2.45, 2.75) is 25.8 Å². The molecule has 3 N–H and O–H groups in total. The molecular weight excluding hydrogens is 248 g/mol. The summed E-state index contributed by atoms with van der Waals surface area (Å²) in [6.07, 6.45) is 0.800. The highest BCUT2D eigenvalue weighted by Gasteiger charge is 2.27. The first-order valence-electron chi connectivity index (χ1n) is 5.91. The Bertz CT molecular complexity index is 554. The first-order valence-corrected chi connectivity index (χ1v) is 5.91. The SMILES string of the molecule is Cc1ccc(C(=O)O)cc1NC(=O)C1CCC(=O)N1. The fraction of sp³-hybridized carbons (Fsp3) is 0.308. The van der Waals surface area contributed by atoms with Crippen LogP contribution in [0.3, 0.4) is 0 Å². The number of amides is 2. The van der Waals surface area contributed by atoms with E-state index in [1.54, 1.807) is 13.0 Å². The second kappa shape index (κ2) is 5.09. The van der Waals surface area contributed by atoms with Crippen molar-refractivity contribution in [3.63, 3.8) is 0 Å². The number of hydrogen-bond donors (Lipinski definition) is 3. The van der Waals surface area contributed by atoms with Crippen molar-refractivity contribution in [2.24, 2.45) is 0 Å². The van der Waals surface area contributed by atoms with E-state index < -0.39 is 12.0 Å². The van der Waals surface area contributed by atoms with Gasteiger partial charge in [-0.2, -0.15) is 0 Å². The van der Waals surface area contributed by atoms with E-state index in [0.29, 0.717) is 18.5 Å². The quantitative estimate of drug-likeness (QED) is 0.754. The maximum Gasteiger partial charge on any atom is 0.335 e. The van der Waals surface area contributed by atoms with Crippen LogP contribution in [0, 0.1) is 6.92 Å². The average molecular weight is 262 g/mol. The molecule has 0 saturated carbocycles. The summed E-state index contributed by atoms with van der Waals surface area (Å²) in [5.41, 5.74) is 1.32. The number of carboxylic acid groups (broad SMARTS) is 1. The summed E-state index contributed by atoms with van der Waals surface area (Å²) in [5.74, 6) is -1.52. The summed E-state index contributed by atoms with van der Waals surface area (Å²) >= 11 is 0. The summed E-state index contributed by atoms with van der Waals surface area (Å²) in [6, 6.07) is 3.98. The Balaban J connectivity index is 2.14. The predicted octanol–water partition coefficient (Wildman–Crippen LogP) is 0.910. The van der Waals surface area contributed by atoms with Crippen molar-refractivity contribution in [2.75, 3.05) is 5.32 Å². The number of carbonyl (C=O) groups excluding carboxylic acids is 2. The standard InChI is InChI=1S/C13H14N2O4/c1-7-2-3-8(13(18)19)6-10(7)15-12(17)9-4-5-11(16)14-9/h2-3,6,9H,4-5H2,1H3,(H,14,16)(H,15,17)(H,18,19). The Morgan fingerprint density at radius 3 is 2.74 bits per heavy atom. The second-order valence-corrected chi connectivity index (χ2v) is 4.48. The van der Waals surface area contributed by atoms with Gasteiger partial charge < -0.3 is 15.7 Å². The van der Waals surface area contributed by atoms with Crippen molar-refractivity contribution in [1.82, 2.24) is 5.32 Å². The van der Waals surface area contributed by atoms with Crippen LogP contribution in [0.5, 0.6) is 0 Å². The summed E-state index contributed by atoms with van der Waals surface area (Å²) < 4.78 is 0. The molecule has 0 spiro atoms. The Hall–Kier alpha value is -2.37. The molecule has 1 saturated heterocycles. The lowest BCUT2D eigenvalue weighted by Crippen LogP contribution is -2.37. The van der Waals surface area contributed by atoms with Crippen molar-refractivity contribution in [1.29, 1.82) is 0 Å². The average Bonchev–Trinajstić information content (AvgIpc) is 2.78. The van der Waals surface area contributed by atoms with Gasteiger partial charge in [-0.15, -0.1) is 0 Å². The van der Waals surface area contributed by atoms with E-state index >= 15 is 0 Å². The molecule has 1 aliphatic heterocycles. The van der Waals surface area contributed by atoms with Gasteiger partial charge >= 0.3 is 5.97 Å². The van der Waals surface area contributed by atoms with Crippen LogP contribution >= 0.6 is 0 Å². The first kappa shape index (κ1) is 13.1. The number of hydrogen-bond acceptors (Lipinski definition) is 3. The van der Waals surface area contributed by atoms with Crippen LogP contribution in [0.15, 0.2) is 18.2 Å². The number of anilines is 1. The maximum absolute atomic E-state index is 11.9. The van der Waals surface area contributed by atoms with Crippen LogP contribution in [0.2, 0.25) is 0 Å². The van der Waals surface area contributed by atoms with Gasteiger partial charge in [0.05, 0.1) is 5.56 Å². The summed E-state index contributed by atoms with van der Waals surface area (Å²) in [6.45, 7) is 1.77. The molecule has 0 bridgehead atoms. The minimum Gasteiger partial charge on any atom is -0.478 e. The van der Waals surface area contributed by atoms with Crippen LogP contribution in [0.1, 0.15) is 28.8 Å². The van der Waals surface area contributed by atoms with Crippen molar-refractivity contribution < 1.29 is 19.5 Å². The van der Waals surface area contributed by atoms with Crippen LogP contribution in [-0.2, 0) is 9.59 Å². The number of aromatic carboxylic acids is 1.